The van der Waals surface area contributed by atoms with E-state index in [1.54, 1.807) is 24.8 Å². The lowest BCUT2D eigenvalue weighted by Gasteiger charge is -2.34. The van der Waals surface area contributed by atoms with Gasteiger partial charge in [-0.15, -0.1) is 0 Å². The molecule has 1 unspecified atom stereocenters. The number of hydrogen-bond acceptors (Lipinski definition) is 3. The van der Waals surface area contributed by atoms with Gasteiger partial charge in [-0.25, -0.2) is 9.98 Å². The van der Waals surface area contributed by atoms with E-state index in [-0.39, 0.29) is 0 Å². The Balaban J connectivity index is 1.18. The molecule has 0 aliphatic heterocycles. The summed E-state index contributed by atoms with van der Waals surface area (Å²) in [6.07, 6.45) is 15.4. The number of pyridine rings is 2. The van der Waals surface area contributed by atoms with Gasteiger partial charge in [0.15, 0.2) is 11.7 Å². The minimum atomic E-state index is -0.493. The highest BCUT2D eigenvalue weighted by Crippen LogP contribution is 2.57. The molecule has 0 fully saturated rings. The van der Waals surface area contributed by atoms with Crippen molar-refractivity contribution < 1.29 is 0 Å². The number of allylic oxidation sites excluding steroid dienone is 5. The average Bonchev–Trinajstić information content (AvgIpc) is 3.58. The Kier molecular flexibility index (Phi) is 10.6. The van der Waals surface area contributed by atoms with E-state index < -0.39 is 5.41 Å². The third kappa shape index (κ3) is 7.15. The average molecular weight is 736 g/mol. The molecule has 0 amide bonds. The van der Waals surface area contributed by atoms with Crippen LogP contribution in [0.3, 0.4) is 0 Å². The summed E-state index contributed by atoms with van der Waals surface area (Å²) in [6.45, 7) is 10.5. The van der Waals surface area contributed by atoms with Gasteiger partial charge < -0.3 is 0 Å². The van der Waals surface area contributed by atoms with Crippen LogP contribution in [0.5, 0.6) is 0 Å². The van der Waals surface area contributed by atoms with Crippen molar-refractivity contribution in [2.45, 2.75) is 18.9 Å². The second-order valence-electron chi connectivity index (χ2n) is 13.8. The lowest BCUT2D eigenvalue weighted by atomic mass is 9.67. The molecule has 8 rings (SSSR count). The number of aromatic nitrogens is 2. The van der Waals surface area contributed by atoms with Gasteiger partial charge in [-0.05, 0) is 111 Å². The van der Waals surface area contributed by atoms with Crippen LogP contribution in [0.25, 0.3) is 33.4 Å². The smallest absolute Gasteiger partial charge is 0.161 e. The van der Waals surface area contributed by atoms with Gasteiger partial charge >= 0.3 is 0 Å². The number of hydrogen-bond donors (Lipinski definition) is 0. The Morgan fingerprint density at radius 1 is 0.632 bits per heavy atom. The third-order valence-electron chi connectivity index (χ3n) is 10.4. The fourth-order valence-corrected chi connectivity index (χ4v) is 7.90. The van der Waals surface area contributed by atoms with Crippen molar-refractivity contribution in [2.75, 3.05) is 0 Å². The van der Waals surface area contributed by atoms with E-state index in [1.807, 2.05) is 42.5 Å². The molecule has 2 heterocycles. The minimum Gasteiger partial charge on any atom is -0.264 e. The van der Waals surface area contributed by atoms with Gasteiger partial charge in [0.1, 0.15) is 0 Å². The molecule has 0 saturated heterocycles. The summed E-state index contributed by atoms with van der Waals surface area (Å²) in [5.74, 6) is 0.998. The Morgan fingerprint density at radius 3 is 2.04 bits per heavy atom. The summed E-state index contributed by atoms with van der Waals surface area (Å²) in [4.78, 5) is 22.7. The fourth-order valence-electron chi connectivity index (χ4n) is 7.90. The van der Waals surface area contributed by atoms with E-state index in [4.69, 9.17) is 9.98 Å². The van der Waals surface area contributed by atoms with Crippen molar-refractivity contribution in [3.8, 4) is 33.4 Å². The molecule has 0 radical (unpaired) electrons. The molecule has 0 N–H and O–H groups in total. The van der Waals surface area contributed by atoms with Crippen molar-refractivity contribution in [3.05, 3.63) is 240 Å². The normalized spacial score (nSPS) is 15.3. The highest BCUT2D eigenvalue weighted by Gasteiger charge is 2.46. The van der Waals surface area contributed by atoms with Crippen LogP contribution in [0, 0.1) is 0 Å². The van der Waals surface area contributed by atoms with Gasteiger partial charge in [0.25, 0.3) is 0 Å². The Labute approximate surface area is 334 Å². The molecule has 1 aliphatic rings. The summed E-state index contributed by atoms with van der Waals surface area (Å²) >= 11 is 0. The first-order chi connectivity index (χ1) is 28.1. The van der Waals surface area contributed by atoms with Gasteiger partial charge in [0, 0.05) is 35.9 Å². The van der Waals surface area contributed by atoms with Crippen LogP contribution >= 0.6 is 0 Å². The van der Waals surface area contributed by atoms with Crippen LogP contribution in [0.2, 0.25) is 0 Å². The Bertz CT molecular complexity index is 2690. The van der Waals surface area contributed by atoms with Crippen LogP contribution in [0.15, 0.2) is 222 Å². The maximum atomic E-state index is 4.93. The van der Waals surface area contributed by atoms with Crippen molar-refractivity contribution in [1.29, 1.82) is 0 Å². The SMILES string of the molecule is C=C/C=C(\C=C/C)C1(c2ccccc2)c2ccccc2-c2cc(-c3cccc(-c4cccc(C(N=C)=NC(=NCc5cccnc5)c5cccnc5)c4)c3)ccc21. The standard InChI is InChI=1S/C52H41N5/c1-4-15-44(16-5-2)52(45-23-7-6-8-24-45)48-26-10-9-25-46(48)47-33-41(27-28-49(47)52)39-19-11-18-38(31-39)40-20-12-21-42(32-40)50(53-3)57-51(43-22-14-30-55-36-43)56-35-37-17-13-29-54-34-37/h4-34,36H,1,3,35H2,2H3/b16-5-,44-15+,56-51?,57-50?. The van der Waals surface area contributed by atoms with Gasteiger partial charge in [0.05, 0.1) is 12.0 Å². The van der Waals surface area contributed by atoms with Crippen molar-refractivity contribution >= 4 is 18.4 Å². The number of amidine groups is 2. The summed E-state index contributed by atoms with van der Waals surface area (Å²) in [5, 5.41) is 0. The highest BCUT2D eigenvalue weighted by atomic mass is 15.0. The first-order valence-electron chi connectivity index (χ1n) is 19.0. The summed E-state index contributed by atoms with van der Waals surface area (Å²) < 4.78 is 0. The molecule has 0 spiro atoms. The monoisotopic (exact) mass is 735 g/mol. The molecular weight excluding hydrogens is 695 g/mol. The van der Waals surface area contributed by atoms with Crippen molar-refractivity contribution in [3.63, 3.8) is 0 Å². The zero-order valence-corrected chi connectivity index (χ0v) is 31.8. The molecule has 2 aromatic heterocycles. The van der Waals surface area contributed by atoms with Gasteiger partial charge in [-0.3, -0.25) is 15.0 Å². The maximum Gasteiger partial charge on any atom is 0.161 e. The number of fused-ring (bicyclic) bond motifs is 3. The molecule has 1 aliphatic carbocycles. The van der Waals surface area contributed by atoms with E-state index in [9.17, 15) is 0 Å². The topological polar surface area (TPSA) is 62.9 Å². The van der Waals surface area contributed by atoms with E-state index >= 15 is 0 Å². The van der Waals surface area contributed by atoms with Crippen LogP contribution in [-0.2, 0) is 12.0 Å². The molecule has 274 valence electrons. The Morgan fingerprint density at radius 2 is 1.32 bits per heavy atom. The second kappa shape index (κ2) is 16.6. The predicted octanol–water partition coefficient (Wildman–Crippen LogP) is 11.9. The van der Waals surface area contributed by atoms with Crippen LogP contribution in [0.1, 0.15) is 40.3 Å². The van der Waals surface area contributed by atoms with E-state index in [2.05, 4.69) is 163 Å². The third-order valence-corrected chi connectivity index (χ3v) is 10.4. The largest absolute Gasteiger partial charge is 0.264 e. The molecule has 57 heavy (non-hydrogen) atoms. The first kappa shape index (κ1) is 36.6. The maximum absolute atomic E-state index is 4.93. The van der Waals surface area contributed by atoms with Gasteiger partial charge in [0.2, 0.25) is 0 Å². The molecule has 5 heteroatoms. The van der Waals surface area contributed by atoms with E-state index in [0.717, 1.165) is 38.9 Å². The lowest BCUT2D eigenvalue weighted by Crippen LogP contribution is -2.29. The summed E-state index contributed by atoms with van der Waals surface area (Å²) in [7, 11) is 0. The van der Waals surface area contributed by atoms with Crippen LogP contribution in [0.4, 0.5) is 0 Å². The number of nitrogens with zero attached hydrogens (tertiary/aromatic N) is 5. The number of rotatable bonds is 10. The fraction of sp³-hybridized carbons (Fsp3) is 0.0577. The first-order valence-corrected chi connectivity index (χ1v) is 19.0. The zero-order valence-electron chi connectivity index (χ0n) is 31.8. The molecule has 5 aromatic carbocycles. The van der Waals surface area contributed by atoms with Gasteiger partial charge in [-0.2, -0.15) is 0 Å². The molecule has 0 saturated carbocycles. The second-order valence-corrected chi connectivity index (χ2v) is 13.8. The molecular formula is C52H41N5. The summed E-state index contributed by atoms with van der Waals surface area (Å²) in [5.41, 5.74) is 13.9. The highest BCUT2D eigenvalue weighted by molar-refractivity contribution is 6.13. The molecule has 1 atom stereocenters. The predicted molar refractivity (Wildman–Crippen MR) is 237 cm³/mol. The van der Waals surface area contributed by atoms with Crippen molar-refractivity contribution in [2.24, 2.45) is 15.0 Å². The van der Waals surface area contributed by atoms with Crippen LogP contribution in [-0.4, -0.2) is 28.4 Å². The van der Waals surface area contributed by atoms with E-state index in [0.29, 0.717) is 18.2 Å². The molecule has 0 bridgehead atoms. The van der Waals surface area contributed by atoms with E-state index in [1.165, 1.54) is 33.4 Å². The Hall–Kier alpha value is -7.37. The molecule has 5 nitrogen and oxygen atoms in total. The summed E-state index contributed by atoms with van der Waals surface area (Å²) in [6, 6.07) is 51.2. The quantitative estimate of drug-likeness (QED) is 0.0797. The number of benzene rings is 5. The minimum absolute atomic E-state index is 0.419. The van der Waals surface area contributed by atoms with Gasteiger partial charge in [-0.1, -0.05) is 140 Å². The lowest BCUT2D eigenvalue weighted by molar-refractivity contribution is 0.767. The van der Waals surface area contributed by atoms with Crippen LogP contribution < -0.4 is 0 Å². The zero-order chi connectivity index (χ0) is 39.0. The number of aliphatic imine (C=N–C) groups is 3. The van der Waals surface area contributed by atoms with Crippen molar-refractivity contribution in [1.82, 2.24) is 9.97 Å². The molecule has 7 aromatic rings.